The van der Waals surface area contributed by atoms with E-state index in [2.05, 4.69) is 5.32 Å². The summed E-state index contributed by atoms with van der Waals surface area (Å²) in [5, 5.41) is 3.03. The molecule has 1 atom stereocenters. The van der Waals surface area contributed by atoms with Gasteiger partial charge in [0, 0.05) is 18.7 Å². The molecule has 1 aliphatic rings. The van der Waals surface area contributed by atoms with Crippen molar-refractivity contribution in [3.05, 3.63) is 53.6 Å². The van der Waals surface area contributed by atoms with E-state index in [9.17, 15) is 13.2 Å². The molecule has 0 aliphatic carbocycles. The molecule has 1 aliphatic heterocycles. The number of nitrogens with zero attached hydrogens (tertiary/aromatic N) is 1. The summed E-state index contributed by atoms with van der Waals surface area (Å²) in [4.78, 5) is 13.0. The Morgan fingerprint density at radius 2 is 1.75 bits per heavy atom. The van der Waals surface area contributed by atoms with Crippen molar-refractivity contribution in [1.82, 2.24) is 0 Å². The van der Waals surface area contributed by atoms with Gasteiger partial charge in [-0.3, -0.25) is 9.10 Å². The quantitative estimate of drug-likeness (QED) is 0.832. The Morgan fingerprint density at radius 1 is 1.11 bits per heavy atom. The number of ether oxygens (including phenoxy) is 1. The van der Waals surface area contributed by atoms with Gasteiger partial charge in [0.05, 0.1) is 11.9 Å². The molecule has 0 spiro atoms. The number of benzene rings is 2. The van der Waals surface area contributed by atoms with Crippen LogP contribution in [0.15, 0.2) is 42.5 Å². The summed E-state index contributed by atoms with van der Waals surface area (Å²) in [7, 11) is -3.47. The number of amides is 1. The molecule has 0 unspecified atom stereocenters. The van der Waals surface area contributed by atoms with Gasteiger partial charge in [0.15, 0.2) is 6.10 Å². The third kappa shape index (κ3) is 4.14. The van der Waals surface area contributed by atoms with Crippen LogP contribution in [0.1, 0.15) is 31.4 Å². The zero-order valence-electron chi connectivity index (χ0n) is 16.4. The van der Waals surface area contributed by atoms with E-state index >= 15 is 0 Å². The molecule has 0 radical (unpaired) electrons. The summed E-state index contributed by atoms with van der Waals surface area (Å²) in [5.74, 6) is 0.130. The second-order valence-electron chi connectivity index (χ2n) is 6.85. The number of carbonyl (C=O) groups excluding carboxylic acids is 1. The second kappa shape index (κ2) is 8.22. The van der Waals surface area contributed by atoms with E-state index in [1.165, 1.54) is 4.31 Å². The van der Waals surface area contributed by atoms with Crippen molar-refractivity contribution in [2.75, 3.05) is 22.4 Å². The molecule has 150 valence electrons. The Balaban J connectivity index is 1.89. The van der Waals surface area contributed by atoms with E-state index in [0.29, 0.717) is 11.4 Å². The highest BCUT2D eigenvalue weighted by molar-refractivity contribution is 7.92. The molecular formula is C21H26N2O4S. The van der Waals surface area contributed by atoms with Crippen LogP contribution < -0.4 is 14.4 Å². The first-order valence-electron chi connectivity index (χ1n) is 9.50. The van der Waals surface area contributed by atoms with Gasteiger partial charge in [0.2, 0.25) is 10.0 Å². The number of anilines is 2. The number of nitrogens with one attached hydrogen (secondary N) is 1. The van der Waals surface area contributed by atoms with Gasteiger partial charge in [-0.15, -0.1) is 0 Å². The molecule has 7 heteroatoms. The number of fused-ring (bicyclic) bond motifs is 1. The molecule has 2 aromatic rings. The van der Waals surface area contributed by atoms with Crippen LogP contribution in [0.25, 0.3) is 0 Å². The van der Waals surface area contributed by atoms with Crippen LogP contribution in [0.4, 0.5) is 11.4 Å². The average molecular weight is 403 g/mol. The smallest absolute Gasteiger partial charge is 0.265 e. The Hall–Kier alpha value is -2.54. The highest BCUT2D eigenvalue weighted by atomic mass is 32.2. The Kier molecular flexibility index (Phi) is 5.93. The topological polar surface area (TPSA) is 75.7 Å². The van der Waals surface area contributed by atoms with E-state index in [1.807, 2.05) is 32.0 Å². The third-order valence-corrected chi connectivity index (χ3v) is 6.12. The molecule has 0 bridgehead atoms. The van der Waals surface area contributed by atoms with Crippen LogP contribution in [-0.4, -0.2) is 33.2 Å². The van der Waals surface area contributed by atoms with Crippen LogP contribution in [0.3, 0.4) is 0 Å². The third-order valence-electron chi connectivity index (χ3n) is 4.94. The number of hydrogen-bond acceptors (Lipinski definition) is 4. The summed E-state index contributed by atoms with van der Waals surface area (Å²) >= 11 is 0. The van der Waals surface area contributed by atoms with Crippen molar-refractivity contribution in [3.63, 3.8) is 0 Å². The van der Waals surface area contributed by atoms with Crippen LogP contribution >= 0.6 is 0 Å². The summed E-state index contributed by atoms with van der Waals surface area (Å²) in [5.41, 5.74) is 3.43. The van der Waals surface area contributed by atoms with Crippen LogP contribution in [0, 0.1) is 0 Å². The van der Waals surface area contributed by atoms with E-state index in [1.54, 1.807) is 24.3 Å². The first-order chi connectivity index (χ1) is 13.3. The number of sulfonamides is 1. The van der Waals surface area contributed by atoms with Gasteiger partial charge >= 0.3 is 0 Å². The number of carbonyl (C=O) groups is 1. The maximum Gasteiger partial charge on any atom is 0.265 e. The van der Waals surface area contributed by atoms with E-state index in [-0.39, 0.29) is 18.9 Å². The molecular weight excluding hydrogens is 376 g/mol. The Bertz CT molecular complexity index is 950. The fourth-order valence-electron chi connectivity index (χ4n) is 3.47. The molecule has 0 saturated carbocycles. The minimum absolute atomic E-state index is 0.185. The second-order valence-corrected chi connectivity index (χ2v) is 8.75. The molecule has 0 aromatic heterocycles. The van der Waals surface area contributed by atoms with Gasteiger partial charge in [-0.25, -0.2) is 8.42 Å². The van der Waals surface area contributed by atoms with E-state index in [4.69, 9.17) is 4.74 Å². The van der Waals surface area contributed by atoms with Crippen LogP contribution in [-0.2, 0) is 27.7 Å². The minimum Gasteiger partial charge on any atom is -0.478 e. The SMILES string of the molecule is CCc1cccc(CC)c1NC(=O)[C@@H]1CCN(S(C)(=O)=O)c2ccccc2O1. The predicted molar refractivity (Wildman–Crippen MR) is 111 cm³/mol. The van der Waals surface area contributed by atoms with Gasteiger partial charge < -0.3 is 10.1 Å². The fourth-order valence-corrected chi connectivity index (χ4v) is 4.41. The molecule has 6 nitrogen and oxygen atoms in total. The fraction of sp³-hybridized carbons (Fsp3) is 0.381. The molecule has 2 aromatic carbocycles. The van der Waals surface area contributed by atoms with Crippen molar-refractivity contribution in [1.29, 1.82) is 0 Å². The molecule has 3 rings (SSSR count). The van der Waals surface area contributed by atoms with Gasteiger partial charge in [-0.1, -0.05) is 44.2 Å². The van der Waals surface area contributed by atoms with Gasteiger partial charge in [-0.2, -0.15) is 0 Å². The number of para-hydroxylation sites is 3. The number of aryl methyl sites for hydroxylation is 2. The van der Waals surface area contributed by atoms with Crippen LogP contribution in [0.5, 0.6) is 5.75 Å². The van der Waals surface area contributed by atoms with Crippen LogP contribution in [0.2, 0.25) is 0 Å². The average Bonchev–Trinajstić information content (AvgIpc) is 2.87. The molecule has 28 heavy (non-hydrogen) atoms. The predicted octanol–water partition coefficient (Wildman–Crippen LogP) is 3.37. The van der Waals surface area contributed by atoms with Gasteiger partial charge in [0.1, 0.15) is 5.75 Å². The molecule has 0 saturated heterocycles. The first-order valence-corrected chi connectivity index (χ1v) is 11.3. The lowest BCUT2D eigenvalue weighted by Crippen LogP contribution is -2.36. The summed E-state index contributed by atoms with van der Waals surface area (Å²) in [6.07, 6.45) is 2.26. The Morgan fingerprint density at radius 3 is 2.36 bits per heavy atom. The largest absolute Gasteiger partial charge is 0.478 e. The number of rotatable bonds is 5. The first kappa shape index (κ1) is 20.2. The monoisotopic (exact) mass is 402 g/mol. The van der Waals surface area contributed by atoms with E-state index < -0.39 is 16.1 Å². The summed E-state index contributed by atoms with van der Waals surface area (Å²) in [6, 6.07) is 12.9. The maximum absolute atomic E-state index is 13.0. The zero-order chi connectivity index (χ0) is 20.3. The van der Waals surface area contributed by atoms with E-state index in [0.717, 1.165) is 35.9 Å². The number of hydrogen-bond donors (Lipinski definition) is 1. The minimum atomic E-state index is -3.47. The molecule has 1 amide bonds. The molecule has 1 heterocycles. The van der Waals surface area contributed by atoms with Gasteiger partial charge in [-0.05, 0) is 36.1 Å². The summed E-state index contributed by atoms with van der Waals surface area (Å²) in [6.45, 7) is 4.28. The Labute approximate surface area is 166 Å². The van der Waals surface area contributed by atoms with Crippen molar-refractivity contribution >= 4 is 27.3 Å². The normalized spacial score (nSPS) is 16.7. The zero-order valence-corrected chi connectivity index (χ0v) is 17.3. The van der Waals surface area contributed by atoms with Crippen molar-refractivity contribution in [3.8, 4) is 5.75 Å². The standard InChI is InChI=1S/C21H26N2O4S/c1-4-15-9-8-10-16(5-2)20(15)22-21(24)19-13-14-23(28(3,25)26)17-11-6-7-12-18(17)27-19/h6-12,19H,4-5,13-14H2,1-3H3,(H,22,24)/t19-/m0/s1. The van der Waals surface area contributed by atoms with Crippen molar-refractivity contribution in [2.45, 2.75) is 39.2 Å². The van der Waals surface area contributed by atoms with Crippen molar-refractivity contribution < 1.29 is 17.9 Å². The van der Waals surface area contributed by atoms with Gasteiger partial charge in [0.25, 0.3) is 5.91 Å². The lowest BCUT2D eigenvalue weighted by molar-refractivity contribution is -0.122. The molecule has 0 fully saturated rings. The lowest BCUT2D eigenvalue weighted by Gasteiger charge is -2.20. The maximum atomic E-state index is 13.0. The van der Waals surface area contributed by atoms with Crippen molar-refractivity contribution in [2.24, 2.45) is 0 Å². The highest BCUT2D eigenvalue weighted by Gasteiger charge is 2.31. The molecule has 1 N–H and O–H groups in total. The lowest BCUT2D eigenvalue weighted by atomic mass is 10.0. The summed E-state index contributed by atoms with van der Waals surface area (Å²) < 4.78 is 31.7. The highest BCUT2D eigenvalue weighted by Crippen LogP contribution is 2.34.